The topological polar surface area (TPSA) is 39.1 Å². The minimum Gasteiger partial charge on any atom is -0.301 e. The van der Waals surface area contributed by atoms with Crippen molar-refractivity contribution in [2.24, 2.45) is 5.92 Å². The minimum atomic E-state index is -0.321. The van der Waals surface area contributed by atoms with Gasteiger partial charge in [0.05, 0.1) is 6.07 Å². The van der Waals surface area contributed by atoms with Crippen molar-refractivity contribution in [3.63, 3.8) is 0 Å². The van der Waals surface area contributed by atoms with Crippen molar-refractivity contribution in [1.82, 2.24) is 10.2 Å². The fraction of sp³-hybridized carbons (Fsp3) is 0.917. The summed E-state index contributed by atoms with van der Waals surface area (Å²) in [6, 6.07) is 3.03. The van der Waals surface area contributed by atoms with Crippen molar-refractivity contribution in [2.45, 2.75) is 44.7 Å². The molecule has 86 valence electrons. The maximum atomic E-state index is 9.35. The molecule has 0 heterocycles. The van der Waals surface area contributed by atoms with E-state index in [-0.39, 0.29) is 5.54 Å². The molecular weight excluding hydrogens is 186 g/mol. The molecule has 2 unspecified atom stereocenters. The molecule has 1 saturated carbocycles. The number of hydrogen-bond donors (Lipinski definition) is 1. The fourth-order valence-electron chi connectivity index (χ4n) is 2.03. The molecule has 0 aromatic rings. The smallest absolute Gasteiger partial charge is 0.122 e. The van der Waals surface area contributed by atoms with Crippen LogP contribution in [0, 0.1) is 17.2 Å². The number of hydrogen-bond acceptors (Lipinski definition) is 3. The molecular formula is C12H23N3. The molecule has 3 heteroatoms. The highest BCUT2D eigenvalue weighted by Gasteiger charge is 2.45. The van der Waals surface area contributed by atoms with Crippen LogP contribution in [0.25, 0.3) is 0 Å². The van der Waals surface area contributed by atoms with E-state index in [0.29, 0.717) is 12.0 Å². The van der Waals surface area contributed by atoms with Gasteiger partial charge in [0.1, 0.15) is 5.54 Å². The molecule has 0 radical (unpaired) electrons. The SMILES string of the molecule is CCC(C)N(C)CC(C#N)(NC)C1CC1. The largest absolute Gasteiger partial charge is 0.301 e. The Kier molecular flexibility index (Phi) is 4.12. The van der Waals surface area contributed by atoms with Gasteiger partial charge < -0.3 is 10.2 Å². The monoisotopic (exact) mass is 209 g/mol. The zero-order valence-electron chi connectivity index (χ0n) is 10.4. The van der Waals surface area contributed by atoms with E-state index in [0.717, 1.165) is 13.0 Å². The standard InChI is InChI=1S/C12H23N3/c1-5-10(2)15(4)9-12(8-13,14-3)11-6-7-11/h10-11,14H,5-7,9H2,1-4H3. The summed E-state index contributed by atoms with van der Waals surface area (Å²) in [7, 11) is 4.02. The van der Waals surface area contributed by atoms with E-state index in [4.69, 9.17) is 0 Å². The van der Waals surface area contributed by atoms with Gasteiger partial charge in [-0.05, 0) is 46.2 Å². The zero-order chi connectivity index (χ0) is 11.5. The Hall–Kier alpha value is -0.590. The highest BCUT2D eigenvalue weighted by molar-refractivity contribution is 5.16. The van der Waals surface area contributed by atoms with Crippen LogP contribution in [0.4, 0.5) is 0 Å². The Labute approximate surface area is 93.5 Å². The second kappa shape index (κ2) is 4.96. The van der Waals surface area contributed by atoms with Gasteiger partial charge >= 0.3 is 0 Å². The van der Waals surface area contributed by atoms with Crippen molar-refractivity contribution in [2.75, 3.05) is 20.6 Å². The Bertz CT molecular complexity index is 242. The quantitative estimate of drug-likeness (QED) is 0.722. The molecule has 1 fully saturated rings. The first-order valence-corrected chi connectivity index (χ1v) is 5.90. The van der Waals surface area contributed by atoms with Gasteiger partial charge in [-0.25, -0.2) is 0 Å². The first-order chi connectivity index (χ1) is 7.09. The van der Waals surface area contributed by atoms with Crippen LogP contribution in [-0.2, 0) is 0 Å². The van der Waals surface area contributed by atoms with Gasteiger partial charge in [0.15, 0.2) is 0 Å². The van der Waals surface area contributed by atoms with E-state index in [1.807, 2.05) is 7.05 Å². The number of nitriles is 1. The van der Waals surface area contributed by atoms with Crippen LogP contribution in [0.3, 0.4) is 0 Å². The summed E-state index contributed by atoms with van der Waals surface area (Å²) in [5.74, 6) is 0.555. The van der Waals surface area contributed by atoms with Crippen LogP contribution in [0.15, 0.2) is 0 Å². The summed E-state index contributed by atoms with van der Waals surface area (Å²) in [5, 5.41) is 12.6. The Balaban J connectivity index is 2.62. The predicted molar refractivity (Wildman–Crippen MR) is 62.5 cm³/mol. The average Bonchev–Trinajstić information content (AvgIpc) is 3.08. The lowest BCUT2D eigenvalue weighted by atomic mass is 9.94. The first kappa shape index (κ1) is 12.5. The summed E-state index contributed by atoms with van der Waals surface area (Å²) < 4.78 is 0. The van der Waals surface area contributed by atoms with Crippen LogP contribution < -0.4 is 5.32 Å². The van der Waals surface area contributed by atoms with Crippen molar-refractivity contribution in [1.29, 1.82) is 5.26 Å². The van der Waals surface area contributed by atoms with Gasteiger partial charge in [-0.15, -0.1) is 0 Å². The third-order valence-electron chi connectivity index (χ3n) is 3.76. The molecule has 0 spiro atoms. The van der Waals surface area contributed by atoms with Crippen molar-refractivity contribution in [3.05, 3.63) is 0 Å². The molecule has 0 aromatic heterocycles. The van der Waals surface area contributed by atoms with Crippen LogP contribution in [0.2, 0.25) is 0 Å². The van der Waals surface area contributed by atoms with Gasteiger partial charge in [0.2, 0.25) is 0 Å². The van der Waals surface area contributed by atoms with Crippen molar-refractivity contribution in [3.8, 4) is 6.07 Å². The van der Waals surface area contributed by atoms with E-state index < -0.39 is 0 Å². The molecule has 1 rings (SSSR count). The van der Waals surface area contributed by atoms with E-state index >= 15 is 0 Å². The Morgan fingerprint density at radius 3 is 2.53 bits per heavy atom. The van der Waals surface area contributed by atoms with Gasteiger partial charge in [-0.2, -0.15) is 5.26 Å². The van der Waals surface area contributed by atoms with E-state index in [1.165, 1.54) is 12.8 Å². The third kappa shape index (κ3) is 2.70. The lowest BCUT2D eigenvalue weighted by Crippen LogP contribution is -2.53. The molecule has 0 saturated heterocycles. The second-order valence-corrected chi connectivity index (χ2v) is 4.78. The highest BCUT2D eigenvalue weighted by Crippen LogP contribution is 2.39. The predicted octanol–water partition coefficient (Wildman–Crippen LogP) is 1.61. The van der Waals surface area contributed by atoms with E-state index in [1.54, 1.807) is 0 Å². The Morgan fingerprint density at radius 1 is 1.60 bits per heavy atom. The highest BCUT2D eigenvalue weighted by atomic mass is 15.2. The van der Waals surface area contributed by atoms with E-state index in [2.05, 4.69) is 37.2 Å². The van der Waals surface area contributed by atoms with Crippen molar-refractivity contribution >= 4 is 0 Å². The number of nitrogens with zero attached hydrogens (tertiary/aromatic N) is 2. The van der Waals surface area contributed by atoms with Gasteiger partial charge in [-0.3, -0.25) is 0 Å². The molecule has 1 aliphatic rings. The molecule has 0 aliphatic heterocycles. The molecule has 0 amide bonds. The van der Waals surface area contributed by atoms with Crippen LogP contribution >= 0.6 is 0 Å². The molecule has 1 N–H and O–H groups in total. The molecule has 15 heavy (non-hydrogen) atoms. The van der Waals surface area contributed by atoms with Gasteiger partial charge in [0.25, 0.3) is 0 Å². The summed E-state index contributed by atoms with van der Waals surface area (Å²) >= 11 is 0. The average molecular weight is 209 g/mol. The molecule has 1 aliphatic carbocycles. The zero-order valence-corrected chi connectivity index (χ0v) is 10.4. The Morgan fingerprint density at radius 2 is 2.20 bits per heavy atom. The summed E-state index contributed by atoms with van der Waals surface area (Å²) in [5.41, 5.74) is -0.321. The van der Waals surface area contributed by atoms with Crippen LogP contribution in [0.5, 0.6) is 0 Å². The summed E-state index contributed by atoms with van der Waals surface area (Å²) in [4.78, 5) is 2.29. The lowest BCUT2D eigenvalue weighted by molar-refractivity contribution is 0.188. The summed E-state index contributed by atoms with van der Waals surface area (Å²) in [6.45, 7) is 5.23. The van der Waals surface area contributed by atoms with Crippen LogP contribution in [0.1, 0.15) is 33.1 Å². The van der Waals surface area contributed by atoms with E-state index in [9.17, 15) is 5.26 Å². The minimum absolute atomic E-state index is 0.321. The molecule has 3 nitrogen and oxygen atoms in total. The van der Waals surface area contributed by atoms with Crippen LogP contribution in [-0.4, -0.2) is 37.1 Å². The maximum Gasteiger partial charge on any atom is 0.122 e. The normalized spacial score (nSPS) is 22.1. The fourth-order valence-corrected chi connectivity index (χ4v) is 2.03. The second-order valence-electron chi connectivity index (χ2n) is 4.78. The maximum absolute atomic E-state index is 9.35. The third-order valence-corrected chi connectivity index (χ3v) is 3.76. The number of likely N-dealkylation sites (N-methyl/N-ethyl adjacent to an activating group) is 2. The number of rotatable bonds is 6. The van der Waals surface area contributed by atoms with Gasteiger partial charge in [-0.1, -0.05) is 6.92 Å². The lowest BCUT2D eigenvalue weighted by Gasteiger charge is -2.34. The molecule has 0 aromatic carbocycles. The molecule has 2 atom stereocenters. The van der Waals surface area contributed by atoms with Gasteiger partial charge in [0, 0.05) is 12.6 Å². The summed E-state index contributed by atoms with van der Waals surface area (Å²) in [6.07, 6.45) is 3.53. The number of nitrogens with one attached hydrogen (secondary N) is 1. The molecule has 0 bridgehead atoms. The first-order valence-electron chi connectivity index (χ1n) is 5.90. The van der Waals surface area contributed by atoms with Crippen molar-refractivity contribution < 1.29 is 0 Å².